The number of rotatable bonds is 5. The molecule has 6 heteroatoms. The molecule has 0 aliphatic heterocycles. The molecule has 0 radical (unpaired) electrons. The molecular weight excluding hydrogens is 224 g/mol. The molecule has 3 N–H and O–H groups in total. The Morgan fingerprint density at radius 2 is 1.88 bits per heavy atom. The fourth-order valence-electron chi connectivity index (χ4n) is 1.43. The maximum absolute atomic E-state index is 11.7. The molecule has 0 aliphatic carbocycles. The van der Waals surface area contributed by atoms with Crippen molar-refractivity contribution in [3.63, 3.8) is 0 Å². The van der Waals surface area contributed by atoms with Crippen LogP contribution in [0, 0.1) is 5.41 Å². The van der Waals surface area contributed by atoms with Gasteiger partial charge in [-0.05, 0) is 5.41 Å². The summed E-state index contributed by atoms with van der Waals surface area (Å²) < 4.78 is 0. The van der Waals surface area contributed by atoms with Crippen molar-refractivity contribution in [2.45, 2.75) is 33.2 Å². The van der Waals surface area contributed by atoms with E-state index in [1.165, 1.54) is 4.90 Å². The molecule has 100 valence electrons. The van der Waals surface area contributed by atoms with E-state index in [9.17, 15) is 9.59 Å². The Hall–Kier alpha value is -1.30. The average molecular weight is 246 g/mol. The lowest BCUT2D eigenvalue weighted by Crippen LogP contribution is -2.48. The highest BCUT2D eigenvalue weighted by Crippen LogP contribution is 2.14. The van der Waals surface area contributed by atoms with Crippen molar-refractivity contribution in [1.82, 2.24) is 10.2 Å². The van der Waals surface area contributed by atoms with Gasteiger partial charge in [0.25, 0.3) is 0 Å². The van der Waals surface area contributed by atoms with E-state index < -0.39 is 18.0 Å². The van der Waals surface area contributed by atoms with E-state index in [0.29, 0.717) is 6.54 Å². The molecule has 0 aromatic rings. The summed E-state index contributed by atoms with van der Waals surface area (Å²) >= 11 is 0. The largest absolute Gasteiger partial charge is 0.480 e. The van der Waals surface area contributed by atoms with E-state index in [4.69, 9.17) is 10.2 Å². The van der Waals surface area contributed by atoms with Crippen LogP contribution >= 0.6 is 0 Å². The Kier molecular flexibility index (Phi) is 5.95. The Balaban J connectivity index is 4.35. The molecular formula is C11H22N2O4. The number of aliphatic carboxylic acids is 1. The van der Waals surface area contributed by atoms with Crippen LogP contribution in [0.2, 0.25) is 0 Å². The van der Waals surface area contributed by atoms with Crippen LogP contribution in [0.1, 0.15) is 27.2 Å². The molecule has 0 aliphatic rings. The second kappa shape index (κ2) is 6.44. The first-order valence-electron chi connectivity index (χ1n) is 5.52. The number of hydrogen-bond acceptors (Lipinski definition) is 3. The SMILES string of the molecule is CN(CC(C)(C)C)C(=O)N[C@@H](CCO)C(=O)O. The van der Waals surface area contributed by atoms with Gasteiger partial charge in [0, 0.05) is 26.6 Å². The monoisotopic (exact) mass is 246 g/mol. The molecule has 0 bridgehead atoms. The minimum atomic E-state index is -1.14. The summed E-state index contributed by atoms with van der Waals surface area (Å²) in [4.78, 5) is 23.9. The second-order valence-corrected chi connectivity index (χ2v) is 5.27. The second-order valence-electron chi connectivity index (χ2n) is 5.27. The number of carbonyl (C=O) groups is 2. The average Bonchev–Trinajstić information content (AvgIpc) is 2.13. The van der Waals surface area contributed by atoms with Crippen molar-refractivity contribution in [2.75, 3.05) is 20.2 Å². The minimum Gasteiger partial charge on any atom is -0.480 e. The molecule has 2 amide bonds. The number of nitrogens with zero attached hydrogens (tertiary/aromatic N) is 1. The van der Waals surface area contributed by atoms with Gasteiger partial charge >= 0.3 is 12.0 Å². The first-order valence-corrected chi connectivity index (χ1v) is 5.52. The van der Waals surface area contributed by atoms with Crippen LogP contribution in [-0.4, -0.2) is 53.4 Å². The van der Waals surface area contributed by atoms with Crippen molar-refractivity contribution in [2.24, 2.45) is 5.41 Å². The molecule has 0 spiro atoms. The fourth-order valence-corrected chi connectivity index (χ4v) is 1.43. The van der Waals surface area contributed by atoms with Crippen molar-refractivity contribution in [3.8, 4) is 0 Å². The van der Waals surface area contributed by atoms with Gasteiger partial charge in [0.15, 0.2) is 0 Å². The third-order valence-corrected chi connectivity index (χ3v) is 2.07. The number of urea groups is 1. The summed E-state index contributed by atoms with van der Waals surface area (Å²) in [7, 11) is 1.61. The van der Waals surface area contributed by atoms with Crippen LogP contribution in [0.4, 0.5) is 4.79 Å². The molecule has 0 unspecified atom stereocenters. The Morgan fingerprint density at radius 1 is 1.35 bits per heavy atom. The third kappa shape index (κ3) is 6.78. The molecule has 0 fully saturated rings. The van der Waals surface area contributed by atoms with Crippen molar-refractivity contribution in [1.29, 1.82) is 0 Å². The van der Waals surface area contributed by atoms with Gasteiger partial charge in [0.1, 0.15) is 6.04 Å². The molecule has 0 aromatic heterocycles. The van der Waals surface area contributed by atoms with E-state index in [0.717, 1.165) is 0 Å². The van der Waals surface area contributed by atoms with Gasteiger partial charge in [-0.15, -0.1) is 0 Å². The van der Waals surface area contributed by atoms with Gasteiger partial charge in [-0.2, -0.15) is 0 Å². The van der Waals surface area contributed by atoms with E-state index in [1.807, 2.05) is 20.8 Å². The first kappa shape index (κ1) is 15.7. The Morgan fingerprint density at radius 3 is 2.24 bits per heavy atom. The standard InChI is InChI=1S/C11H22N2O4/c1-11(2,3)7-13(4)10(17)12-8(5-6-14)9(15)16/h8,14H,5-7H2,1-4H3,(H,12,17)(H,15,16)/t8-/m0/s1. The Bertz CT molecular complexity index is 273. The number of hydrogen-bond donors (Lipinski definition) is 3. The zero-order valence-electron chi connectivity index (χ0n) is 10.9. The summed E-state index contributed by atoms with van der Waals surface area (Å²) in [6.07, 6.45) is 0.00440. The molecule has 6 nitrogen and oxygen atoms in total. The van der Waals surface area contributed by atoms with Crippen molar-refractivity contribution < 1.29 is 19.8 Å². The quantitative estimate of drug-likeness (QED) is 0.659. The van der Waals surface area contributed by atoms with E-state index in [1.54, 1.807) is 7.05 Å². The van der Waals surface area contributed by atoms with Crippen LogP contribution in [0.5, 0.6) is 0 Å². The number of amides is 2. The van der Waals surface area contributed by atoms with Crippen LogP contribution in [0.25, 0.3) is 0 Å². The van der Waals surface area contributed by atoms with E-state index in [-0.39, 0.29) is 18.4 Å². The van der Waals surface area contributed by atoms with Crippen LogP contribution in [0.15, 0.2) is 0 Å². The maximum atomic E-state index is 11.7. The smallest absolute Gasteiger partial charge is 0.326 e. The van der Waals surface area contributed by atoms with Crippen LogP contribution < -0.4 is 5.32 Å². The van der Waals surface area contributed by atoms with Crippen LogP contribution in [0.3, 0.4) is 0 Å². The number of nitrogens with one attached hydrogen (secondary N) is 1. The summed E-state index contributed by atoms with van der Waals surface area (Å²) in [5.74, 6) is -1.14. The first-order chi connectivity index (χ1) is 7.67. The number of aliphatic hydroxyl groups is 1. The van der Waals surface area contributed by atoms with Gasteiger partial charge < -0.3 is 20.4 Å². The lowest BCUT2D eigenvalue weighted by molar-refractivity contribution is -0.139. The third-order valence-electron chi connectivity index (χ3n) is 2.07. The molecule has 0 rings (SSSR count). The number of aliphatic hydroxyl groups excluding tert-OH is 1. The molecule has 0 saturated heterocycles. The van der Waals surface area contributed by atoms with E-state index in [2.05, 4.69) is 5.32 Å². The van der Waals surface area contributed by atoms with Gasteiger partial charge in [0.05, 0.1) is 0 Å². The fraction of sp³-hybridized carbons (Fsp3) is 0.818. The predicted molar refractivity (Wildman–Crippen MR) is 63.7 cm³/mol. The topological polar surface area (TPSA) is 89.9 Å². The number of carboxylic acids is 1. The molecule has 17 heavy (non-hydrogen) atoms. The summed E-state index contributed by atoms with van der Waals surface area (Å²) in [5, 5.41) is 19.9. The van der Waals surface area contributed by atoms with E-state index >= 15 is 0 Å². The normalized spacial score (nSPS) is 13.0. The number of carbonyl (C=O) groups excluding carboxylic acids is 1. The van der Waals surface area contributed by atoms with Crippen LogP contribution in [-0.2, 0) is 4.79 Å². The minimum absolute atomic E-state index is 0.00440. The summed E-state index contributed by atoms with van der Waals surface area (Å²) in [6.45, 7) is 6.20. The van der Waals surface area contributed by atoms with Gasteiger partial charge in [-0.25, -0.2) is 9.59 Å². The summed E-state index contributed by atoms with van der Waals surface area (Å²) in [5.41, 5.74) is -0.0538. The lowest BCUT2D eigenvalue weighted by Gasteiger charge is -2.27. The summed E-state index contributed by atoms with van der Waals surface area (Å²) in [6, 6.07) is -1.49. The van der Waals surface area contributed by atoms with Crippen molar-refractivity contribution >= 4 is 12.0 Å². The molecule has 0 heterocycles. The molecule has 0 aromatic carbocycles. The zero-order valence-corrected chi connectivity index (χ0v) is 10.9. The highest BCUT2D eigenvalue weighted by molar-refractivity contribution is 5.82. The predicted octanol–water partition coefficient (Wildman–Crippen LogP) is 0.509. The van der Waals surface area contributed by atoms with Crippen molar-refractivity contribution in [3.05, 3.63) is 0 Å². The molecule has 0 saturated carbocycles. The molecule has 1 atom stereocenters. The Labute approximate surface area is 102 Å². The lowest BCUT2D eigenvalue weighted by atomic mass is 9.96. The highest BCUT2D eigenvalue weighted by atomic mass is 16.4. The highest BCUT2D eigenvalue weighted by Gasteiger charge is 2.23. The van der Waals surface area contributed by atoms with Gasteiger partial charge in [-0.3, -0.25) is 0 Å². The number of carboxylic acid groups (broad SMARTS) is 1. The maximum Gasteiger partial charge on any atom is 0.326 e. The zero-order chi connectivity index (χ0) is 13.6. The van der Waals surface area contributed by atoms with Gasteiger partial charge in [-0.1, -0.05) is 20.8 Å². The van der Waals surface area contributed by atoms with Gasteiger partial charge in [0.2, 0.25) is 0 Å².